The van der Waals surface area contributed by atoms with Crippen LogP contribution in [0, 0.1) is 6.92 Å². The number of amides is 1. The van der Waals surface area contributed by atoms with Crippen LogP contribution in [-0.4, -0.2) is 47.2 Å². The second-order valence-electron chi connectivity index (χ2n) is 6.61. The Kier molecular flexibility index (Phi) is 5.71. The van der Waals surface area contributed by atoms with Crippen LogP contribution in [0.1, 0.15) is 25.5 Å². The molecule has 1 aromatic heterocycles. The molecule has 0 aliphatic rings. The van der Waals surface area contributed by atoms with Gasteiger partial charge in [-0.2, -0.15) is 0 Å². The lowest BCUT2D eigenvalue weighted by Gasteiger charge is -2.23. The lowest BCUT2D eigenvalue weighted by Crippen LogP contribution is -2.45. The fourth-order valence-electron chi connectivity index (χ4n) is 2.20. The predicted molar refractivity (Wildman–Crippen MR) is 87.1 cm³/mol. The molecule has 0 radical (unpaired) electrons. The van der Waals surface area contributed by atoms with Crippen LogP contribution in [0.5, 0.6) is 0 Å². The molecule has 1 aromatic rings. The van der Waals surface area contributed by atoms with E-state index in [1.54, 1.807) is 11.5 Å². The lowest BCUT2D eigenvalue weighted by atomic mass is 10.3. The van der Waals surface area contributed by atoms with E-state index in [4.69, 9.17) is 0 Å². The molecule has 0 fully saturated rings. The van der Waals surface area contributed by atoms with Crippen molar-refractivity contribution in [2.45, 2.75) is 33.2 Å². The van der Waals surface area contributed by atoms with Crippen molar-refractivity contribution in [2.75, 3.05) is 33.0 Å². The fourth-order valence-corrected chi connectivity index (χ4v) is 2.20. The highest BCUT2D eigenvalue weighted by Gasteiger charge is 2.19. The summed E-state index contributed by atoms with van der Waals surface area (Å²) >= 11 is 0. The summed E-state index contributed by atoms with van der Waals surface area (Å²) in [5, 5.41) is 2.67. The quantitative estimate of drug-likeness (QED) is 0.768. The number of anilines is 1. The molecule has 0 atom stereocenters. The molecular formula is C15H27N4O3+. The Balaban J connectivity index is 3.25. The molecule has 0 aliphatic heterocycles. The van der Waals surface area contributed by atoms with Gasteiger partial charge in [-0.15, -0.1) is 0 Å². The zero-order valence-electron chi connectivity index (χ0n) is 14.4. The summed E-state index contributed by atoms with van der Waals surface area (Å²) in [5.74, 6) is -0.242. The van der Waals surface area contributed by atoms with Gasteiger partial charge in [0.2, 0.25) is 0 Å². The maximum atomic E-state index is 12.3. The van der Waals surface area contributed by atoms with Crippen LogP contribution in [-0.2, 0) is 18.4 Å². The molecule has 0 saturated heterocycles. The van der Waals surface area contributed by atoms with Gasteiger partial charge in [-0.1, -0.05) is 13.3 Å². The first-order valence-corrected chi connectivity index (χ1v) is 7.49. The maximum absolute atomic E-state index is 12.3. The van der Waals surface area contributed by atoms with E-state index >= 15 is 0 Å². The van der Waals surface area contributed by atoms with Crippen LogP contribution < -0.4 is 16.6 Å². The second kappa shape index (κ2) is 6.91. The van der Waals surface area contributed by atoms with Crippen LogP contribution in [0.25, 0.3) is 0 Å². The molecule has 22 heavy (non-hydrogen) atoms. The Hall–Kier alpha value is -1.89. The average molecular weight is 311 g/mol. The van der Waals surface area contributed by atoms with Crippen LogP contribution >= 0.6 is 0 Å². The molecule has 0 aromatic carbocycles. The summed E-state index contributed by atoms with van der Waals surface area (Å²) in [5.41, 5.74) is -0.112. The van der Waals surface area contributed by atoms with Gasteiger partial charge in [-0.3, -0.25) is 18.7 Å². The van der Waals surface area contributed by atoms with Gasteiger partial charge in [0, 0.05) is 19.3 Å². The molecular weight excluding hydrogens is 284 g/mol. The summed E-state index contributed by atoms with van der Waals surface area (Å²) in [7, 11) is 7.12. The summed E-state index contributed by atoms with van der Waals surface area (Å²) in [6.45, 7) is 4.51. The van der Waals surface area contributed by atoms with Crippen molar-refractivity contribution < 1.29 is 9.28 Å². The van der Waals surface area contributed by atoms with E-state index < -0.39 is 5.56 Å². The molecule has 7 heteroatoms. The van der Waals surface area contributed by atoms with Crippen molar-refractivity contribution in [2.24, 2.45) is 7.05 Å². The SMILES string of the molecule is CCCCn1c(C)c(NC(=O)C[N+](C)(C)C)c(=O)n(C)c1=O. The normalized spacial score (nSPS) is 11.5. The highest BCUT2D eigenvalue weighted by Crippen LogP contribution is 2.08. The number of quaternary nitrogens is 1. The maximum Gasteiger partial charge on any atom is 0.331 e. The first-order valence-electron chi connectivity index (χ1n) is 7.49. The van der Waals surface area contributed by atoms with E-state index in [0.717, 1.165) is 17.4 Å². The standard InChI is InChI=1S/C15H26N4O3/c1-7-8-9-18-11(2)13(14(21)17(3)15(18)22)16-12(20)10-19(4,5)6/h7-10H2,1-6H3/p+1. The number of nitrogens with zero attached hydrogens (tertiary/aromatic N) is 3. The molecule has 0 aliphatic carbocycles. The molecule has 1 amide bonds. The van der Waals surface area contributed by atoms with E-state index in [9.17, 15) is 14.4 Å². The van der Waals surface area contributed by atoms with Crippen LogP contribution in [0.2, 0.25) is 0 Å². The topological polar surface area (TPSA) is 73.1 Å². The number of likely N-dealkylation sites (N-methyl/N-ethyl adjacent to an activating group) is 1. The Morgan fingerprint density at radius 2 is 1.82 bits per heavy atom. The first-order chi connectivity index (χ1) is 10.1. The lowest BCUT2D eigenvalue weighted by molar-refractivity contribution is -0.861. The van der Waals surface area contributed by atoms with Crippen molar-refractivity contribution >= 4 is 11.6 Å². The Labute approximate surface area is 130 Å². The summed E-state index contributed by atoms with van der Waals surface area (Å²) in [6.07, 6.45) is 1.78. The van der Waals surface area contributed by atoms with E-state index in [0.29, 0.717) is 16.7 Å². The van der Waals surface area contributed by atoms with Crippen LogP contribution in [0.4, 0.5) is 5.69 Å². The number of hydrogen-bond donors (Lipinski definition) is 1. The molecule has 1 rings (SSSR count). The third kappa shape index (κ3) is 4.30. The minimum Gasteiger partial charge on any atom is -0.323 e. The Bertz CT molecular complexity index is 665. The molecule has 0 bridgehead atoms. The van der Waals surface area contributed by atoms with Crippen LogP contribution in [0.3, 0.4) is 0 Å². The third-order valence-electron chi connectivity index (χ3n) is 3.42. The van der Waals surface area contributed by atoms with Crippen molar-refractivity contribution in [3.63, 3.8) is 0 Å². The smallest absolute Gasteiger partial charge is 0.323 e. The van der Waals surface area contributed by atoms with Gasteiger partial charge < -0.3 is 9.80 Å². The molecule has 0 unspecified atom stereocenters. The van der Waals surface area contributed by atoms with Gasteiger partial charge in [0.25, 0.3) is 11.5 Å². The molecule has 0 saturated carbocycles. The minimum absolute atomic E-state index is 0.191. The number of unbranched alkanes of at least 4 members (excludes halogenated alkanes) is 1. The zero-order valence-corrected chi connectivity index (χ0v) is 14.4. The summed E-state index contributed by atoms with van der Waals surface area (Å²) in [6, 6.07) is 0. The van der Waals surface area contributed by atoms with Gasteiger partial charge in [0.05, 0.1) is 21.1 Å². The van der Waals surface area contributed by atoms with Gasteiger partial charge >= 0.3 is 5.69 Å². The molecule has 7 nitrogen and oxygen atoms in total. The van der Waals surface area contributed by atoms with Gasteiger partial charge in [-0.05, 0) is 13.3 Å². The van der Waals surface area contributed by atoms with E-state index in [1.807, 2.05) is 28.1 Å². The Morgan fingerprint density at radius 1 is 1.23 bits per heavy atom. The van der Waals surface area contributed by atoms with E-state index in [2.05, 4.69) is 5.32 Å². The van der Waals surface area contributed by atoms with Crippen molar-refractivity contribution in [3.05, 3.63) is 26.5 Å². The summed E-state index contributed by atoms with van der Waals surface area (Å²) < 4.78 is 3.05. The van der Waals surface area contributed by atoms with Gasteiger partial charge in [0.1, 0.15) is 5.69 Å². The Morgan fingerprint density at radius 3 is 2.32 bits per heavy atom. The molecule has 1 heterocycles. The van der Waals surface area contributed by atoms with E-state index in [1.165, 1.54) is 7.05 Å². The highest BCUT2D eigenvalue weighted by molar-refractivity contribution is 5.91. The molecule has 0 spiro atoms. The molecule has 124 valence electrons. The highest BCUT2D eigenvalue weighted by atomic mass is 16.2. The molecule has 1 N–H and O–H groups in total. The van der Waals surface area contributed by atoms with Crippen LogP contribution in [0.15, 0.2) is 9.59 Å². The monoisotopic (exact) mass is 311 g/mol. The van der Waals surface area contributed by atoms with Crippen molar-refractivity contribution in [1.29, 1.82) is 0 Å². The number of rotatable bonds is 6. The zero-order chi connectivity index (χ0) is 17.1. The minimum atomic E-state index is -0.468. The van der Waals surface area contributed by atoms with Crippen molar-refractivity contribution in [1.82, 2.24) is 9.13 Å². The first kappa shape index (κ1) is 18.2. The van der Waals surface area contributed by atoms with Gasteiger partial charge in [-0.25, -0.2) is 4.79 Å². The fraction of sp³-hybridized carbons (Fsp3) is 0.667. The largest absolute Gasteiger partial charge is 0.331 e. The second-order valence-corrected chi connectivity index (χ2v) is 6.61. The number of carbonyl (C=O) groups is 1. The summed E-state index contributed by atoms with van der Waals surface area (Å²) in [4.78, 5) is 36.6. The average Bonchev–Trinajstić information content (AvgIpc) is 2.39. The van der Waals surface area contributed by atoms with Crippen molar-refractivity contribution in [3.8, 4) is 0 Å². The third-order valence-corrected chi connectivity index (χ3v) is 3.42. The van der Waals surface area contributed by atoms with E-state index in [-0.39, 0.29) is 23.8 Å². The van der Waals surface area contributed by atoms with Gasteiger partial charge in [0.15, 0.2) is 6.54 Å². The number of nitrogens with one attached hydrogen (secondary N) is 1. The number of aromatic nitrogens is 2. The predicted octanol–water partition coefficient (Wildman–Crippen LogP) is 0.300. The number of carbonyl (C=O) groups excluding carboxylic acids is 1. The number of hydrogen-bond acceptors (Lipinski definition) is 3.